The molecule has 2 heteroatoms. The molecular weight excluding hydrogens is 213 g/mol. The molecule has 0 saturated carbocycles. The molecule has 0 aliphatic rings. The van der Waals surface area contributed by atoms with E-state index >= 15 is 0 Å². The van der Waals surface area contributed by atoms with Crippen molar-refractivity contribution in [3.63, 3.8) is 0 Å². The minimum atomic E-state index is -0.169. The topological polar surface area (TPSA) is 26.0 Å². The molecule has 1 atom stereocenters. The molecule has 0 aliphatic heterocycles. The Balaban J connectivity index is 2.38. The Morgan fingerprint density at radius 1 is 1.12 bits per heavy atom. The summed E-state index contributed by atoms with van der Waals surface area (Å²) in [4.78, 5) is 0. The van der Waals surface area contributed by atoms with Crippen LogP contribution in [-0.4, -0.2) is 6.54 Å². The molecule has 1 aromatic rings. The minimum Gasteiger partial charge on any atom is -0.330 e. The largest absolute Gasteiger partial charge is 0.330 e. The molecule has 1 nitrogen and oxygen atoms in total. The van der Waals surface area contributed by atoms with Gasteiger partial charge in [0.15, 0.2) is 0 Å². The Hall–Kier alpha value is -0.890. The van der Waals surface area contributed by atoms with E-state index in [9.17, 15) is 4.39 Å². The van der Waals surface area contributed by atoms with Crippen LogP contribution in [0.5, 0.6) is 0 Å². The standard InChI is InChI=1S/C15H24FN/c1-12(2)4-3-5-14(11-17)10-13-6-8-15(16)9-7-13/h6-9,12,14H,3-5,10-11,17H2,1-2H3. The van der Waals surface area contributed by atoms with E-state index in [-0.39, 0.29) is 5.82 Å². The van der Waals surface area contributed by atoms with Gasteiger partial charge in [-0.25, -0.2) is 4.39 Å². The normalized spacial score (nSPS) is 13.0. The summed E-state index contributed by atoms with van der Waals surface area (Å²) >= 11 is 0. The summed E-state index contributed by atoms with van der Waals surface area (Å²) in [6.45, 7) is 5.21. The smallest absolute Gasteiger partial charge is 0.123 e. The molecule has 0 spiro atoms. The predicted molar refractivity (Wildman–Crippen MR) is 71.3 cm³/mol. The van der Waals surface area contributed by atoms with Crippen LogP contribution in [0.15, 0.2) is 24.3 Å². The van der Waals surface area contributed by atoms with Crippen molar-refractivity contribution in [2.24, 2.45) is 17.6 Å². The summed E-state index contributed by atoms with van der Waals surface area (Å²) in [5.41, 5.74) is 6.98. The lowest BCUT2D eigenvalue weighted by Gasteiger charge is -2.15. The van der Waals surface area contributed by atoms with Crippen LogP contribution in [0.2, 0.25) is 0 Å². The molecule has 1 rings (SSSR count). The van der Waals surface area contributed by atoms with Gasteiger partial charge in [0.25, 0.3) is 0 Å². The third kappa shape index (κ3) is 5.83. The van der Waals surface area contributed by atoms with Crippen molar-refractivity contribution >= 4 is 0 Å². The number of hydrogen-bond donors (Lipinski definition) is 1. The highest BCUT2D eigenvalue weighted by molar-refractivity contribution is 5.16. The fourth-order valence-electron chi connectivity index (χ4n) is 2.07. The van der Waals surface area contributed by atoms with E-state index in [1.54, 1.807) is 0 Å². The molecule has 0 radical (unpaired) electrons. The van der Waals surface area contributed by atoms with Gasteiger partial charge in [-0.05, 0) is 48.9 Å². The van der Waals surface area contributed by atoms with Gasteiger partial charge in [0.1, 0.15) is 5.82 Å². The molecule has 17 heavy (non-hydrogen) atoms. The molecule has 0 aromatic heterocycles. The Kier molecular flexibility index (Phi) is 6.20. The summed E-state index contributed by atoms with van der Waals surface area (Å²) < 4.78 is 12.8. The van der Waals surface area contributed by atoms with Crippen molar-refractivity contribution in [3.8, 4) is 0 Å². The zero-order valence-corrected chi connectivity index (χ0v) is 11.0. The quantitative estimate of drug-likeness (QED) is 0.767. The van der Waals surface area contributed by atoms with Gasteiger partial charge in [-0.2, -0.15) is 0 Å². The van der Waals surface area contributed by atoms with Crippen LogP contribution in [-0.2, 0) is 6.42 Å². The van der Waals surface area contributed by atoms with Gasteiger partial charge in [-0.15, -0.1) is 0 Å². The third-order valence-corrected chi connectivity index (χ3v) is 3.16. The summed E-state index contributed by atoms with van der Waals surface area (Å²) in [5, 5.41) is 0. The number of halogens is 1. The second kappa shape index (κ2) is 7.44. The molecule has 0 bridgehead atoms. The maximum Gasteiger partial charge on any atom is 0.123 e. The number of benzene rings is 1. The van der Waals surface area contributed by atoms with Crippen molar-refractivity contribution in [2.45, 2.75) is 39.5 Å². The molecule has 1 unspecified atom stereocenters. The van der Waals surface area contributed by atoms with Crippen LogP contribution >= 0.6 is 0 Å². The zero-order valence-electron chi connectivity index (χ0n) is 11.0. The molecule has 2 N–H and O–H groups in total. The highest BCUT2D eigenvalue weighted by atomic mass is 19.1. The highest BCUT2D eigenvalue weighted by Gasteiger charge is 2.08. The second-order valence-electron chi connectivity index (χ2n) is 5.26. The van der Waals surface area contributed by atoms with Crippen molar-refractivity contribution in [1.29, 1.82) is 0 Å². The van der Waals surface area contributed by atoms with Gasteiger partial charge >= 0.3 is 0 Å². The van der Waals surface area contributed by atoms with E-state index in [0.29, 0.717) is 5.92 Å². The van der Waals surface area contributed by atoms with Gasteiger partial charge in [-0.1, -0.05) is 38.8 Å². The highest BCUT2D eigenvalue weighted by Crippen LogP contribution is 2.17. The molecule has 0 aliphatic carbocycles. The lowest BCUT2D eigenvalue weighted by molar-refractivity contribution is 0.436. The lowest BCUT2D eigenvalue weighted by atomic mass is 9.92. The van der Waals surface area contributed by atoms with Crippen molar-refractivity contribution in [2.75, 3.05) is 6.54 Å². The first kappa shape index (κ1) is 14.2. The van der Waals surface area contributed by atoms with E-state index in [4.69, 9.17) is 5.73 Å². The van der Waals surface area contributed by atoms with Crippen LogP contribution in [0.1, 0.15) is 38.7 Å². The SMILES string of the molecule is CC(C)CCCC(CN)Cc1ccc(F)cc1. The van der Waals surface area contributed by atoms with Crippen molar-refractivity contribution < 1.29 is 4.39 Å². The zero-order chi connectivity index (χ0) is 12.7. The summed E-state index contributed by atoms with van der Waals surface area (Å²) in [7, 11) is 0. The van der Waals surface area contributed by atoms with Gasteiger partial charge in [-0.3, -0.25) is 0 Å². The van der Waals surface area contributed by atoms with E-state index in [2.05, 4.69) is 13.8 Å². The molecule has 0 fully saturated rings. The Labute approximate surface area is 104 Å². The van der Waals surface area contributed by atoms with Crippen LogP contribution in [0.3, 0.4) is 0 Å². The average molecular weight is 237 g/mol. The van der Waals surface area contributed by atoms with Crippen LogP contribution in [0.4, 0.5) is 4.39 Å². The molecule has 0 heterocycles. The first-order chi connectivity index (χ1) is 8.11. The van der Waals surface area contributed by atoms with Crippen LogP contribution in [0, 0.1) is 17.7 Å². The monoisotopic (exact) mass is 237 g/mol. The number of nitrogens with two attached hydrogens (primary N) is 1. The van der Waals surface area contributed by atoms with Gasteiger partial charge in [0, 0.05) is 0 Å². The first-order valence-electron chi connectivity index (χ1n) is 6.56. The van der Waals surface area contributed by atoms with E-state index in [1.807, 2.05) is 12.1 Å². The summed E-state index contributed by atoms with van der Waals surface area (Å²) in [6, 6.07) is 6.77. The maximum absolute atomic E-state index is 12.8. The fraction of sp³-hybridized carbons (Fsp3) is 0.600. The maximum atomic E-state index is 12.8. The van der Waals surface area contributed by atoms with Gasteiger partial charge in [0.05, 0.1) is 0 Å². The third-order valence-electron chi connectivity index (χ3n) is 3.16. The molecule has 0 saturated heterocycles. The Bertz CT molecular complexity index is 305. The lowest BCUT2D eigenvalue weighted by Crippen LogP contribution is -2.17. The van der Waals surface area contributed by atoms with E-state index in [0.717, 1.165) is 18.9 Å². The van der Waals surface area contributed by atoms with Gasteiger partial charge < -0.3 is 5.73 Å². The second-order valence-corrected chi connectivity index (χ2v) is 5.26. The number of rotatable bonds is 7. The minimum absolute atomic E-state index is 0.169. The molecule has 1 aromatic carbocycles. The van der Waals surface area contributed by atoms with Crippen LogP contribution in [0.25, 0.3) is 0 Å². The average Bonchev–Trinajstić information content (AvgIpc) is 2.30. The molecule has 0 amide bonds. The molecule has 96 valence electrons. The summed E-state index contributed by atoms with van der Waals surface area (Å²) in [5.74, 6) is 1.12. The predicted octanol–water partition coefficient (Wildman–Crippen LogP) is 3.77. The summed E-state index contributed by atoms with van der Waals surface area (Å²) in [6.07, 6.45) is 4.64. The Morgan fingerprint density at radius 3 is 2.29 bits per heavy atom. The molecular formula is C15H24FN. The van der Waals surface area contributed by atoms with Gasteiger partial charge in [0.2, 0.25) is 0 Å². The van der Waals surface area contributed by atoms with E-state index < -0.39 is 0 Å². The van der Waals surface area contributed by atoms with E-state index in [1.165, 1.54) is 37.0 Å². The van der Waals surface area contributed by atoms with Crippen molar-refractivity contribution in [1.82, 2.24) is 0 Å². The first-order valence-corrected chi connectivity index (χ1v) is 6.56. The fourth-order valence-corrected chi connectivity index (χ4v) is 2.07. The van der Waals surface area contributed by atoms with Crippen LogP contribution < -0.4 is 5.73 Å². The van der Waals surface area contributed by atoms with Crippen molar-refractivity contribution in [3.05, 3.63) is 35.6 Å². The number of hydrogen-bond acceptors (Lipinski definition) is 1. The Morgan fingerprint density at radius 2 is 1.76 bits per heavy atom.